The summed E-state index contributed by atoms with van der Waals surface area (Å²) in [6, 6.07) is 7.58. The fraction of sp³-hybridized carbons (Fsp3) is 0.542. The first-order valence-electron chi connectivity index (χ1n) is 11.8. The summed E-state index contributed by atoms with van der Waals surface area (Å²) in [4.78, 5) is 26.3. The van der Waals surface area contributed by atoms with Crippen LogP contribution in [0.3, 0.4) is 0 Å². The summed E-state index contributed by atoms with van der Waals surface area (Å²) in [5, 5.41) is 5.54. The molecule has 2 N–H and O–H groups in total. The first-order chi connectivity index (χ1) is 16.1. The molecule has 2 aliphatic rings. The number of rotatable bonds is 7. The number of benzene rings is 1. The van der Waals surface area contributed by atoms with Crippen LogP contribution in [0.2, 0.25) is 0 Å². The van der Waals surface area contributed by atoms with Gasteiger partial charge in [-0.2, -0.15) is 0 Å². The third kappa shape index (κ3) is 5.59. The van der Waals surface area contributed by atoms with Crippen molar-refractivity contribution in [1.29, 1.82) is 0 Å². The van der Waals surface area contributed by atoms with Gasteiger partial charge in [-0.3, -0.25) is 9.29 Å². The predicted molar refractivity (Wildman–Crippen MR) is 127 cm³/mol. The van der Waals surface area contributed by atoms with Gasteiger partial charge in [0.25, 0.3) is 0 Å². The van der Waals surface area contributed by atoms with Crippen LogP contribution in [0.25, 0.3) is 11.4 Å². The standard InChI is InChI=1S/C24H33FN6O2/c1-3-26-24(32)27-19-7-5-18(6-8-19)22-28-21-15-30(11-4-10-25)12-9-20(21)23(29-22)31-13-14-33-16-17(31)2/h5-8,17H,3-4,9-16H2,1-2H3,(H2,26,27,32)/t17-/m0/s1. The number of morpholine rings is 1. The van der Waals surface area contributed by atoms with Crippen LogP contribution in [0.4, 0.5) is 20.7 Å². The van der Waals surface area contributed by atoms with Gasteiger partial charge in [-0.05, 0) is 51.0 Å². The zero-order chi connectivity index (χ0) is 23.2. The van der Waals surface area contributed by atoms with Crippen LogP contribution in [0.15, 0.2) is 24.3 Å². The number of amides is 2. The third-order valence-corrected chi connectivity index (χ3v) is 6.11. The van der Waals surface area contributed by atoms with Gasteiger partial charge in [0.2, 0.25) is 0 Å². The first kappa shape index (κ1) is 23.4. The lowest BCUT2D eigenvalue weighted by Gasteiger charge is -2.37. The van der Waals surface area contributed by atoms with Crippen LogP contribution in [-0.2, 0) is 17.7 Å². The second kappa shape index (κ2) is 10.9. The minimum Gasteiger partial charge on any atom is -0.377 e. The zero-order valence-electron chi connectivity index (χ0n) is 19.4. The normalized spacial score (nSPS) is 18.6. The van der Waals surface area contributed by atoms with E-state index in [4.69, 9.17) is 14.7 Å². The van der Waals surface area contributed by atoms with Crippen LogP contribution >= 0.6 is 0 Å². The number of fused-ring (bicyclic) bond motifs is 1. The van der Waals surface area contributed by atoms with E-state index in [1.54, 1.807) is 0 Å². The first-order valence-corrected chi connectivity index (χ1v) is 11.8. The molecule has 2 aromatic rings. The molecule has 2 aliphatic heterocycles. The molecule has 9 heteroatoms. The van der Waals surface area contributed by atoms with Gasteiger partial charge in [-0.15, -0.1) is 0 Å². The van der Waals surface area contributed by atoms with Gasteiger partial charge < -0.3 is 20.3 Å². The number of carbonyl (C=O) groups is 1. The maximum absolute atomic E-state index is 12.7. The second-order valence-electron chi connectivity index (χ2n) is 8.54. The summed E-state index contributed by atoms with van der Waals surface area (Å²) >= 11 is 0. The van der Waals surface area contributed by atoms with E-state index in [1.807, 2.05) is 31.2 Å². The van der Waals surface area contributed by atoms with Gasteiger partial charge in [-0.25, -0.2) is 14.8 Å². The molecule has 0 bridgehead atoms. The maximum Gasteiger partial charge on any atom is 0.319 e. The van der Waals surface area contributed by atoms with Crippen molar-refractivity contribution in [2.24, 2.45) is 0 Å². The number of aromatic nitrogens is 2. The molecule has 4 rings (SSSR count). The van der Waals surface area contributed by atoms with E-state index < -0.39 is 0 Å². The molecule has 1 saturated heterocycles. The molecule has 33 heavy (non-hydrogen) atoms. The molecule has 0 aliphatic carbocycles. The molecule has 2 amide bonds. The van der Waals surface area contributed by atoms with Crippen LogP contribution in [0, 0.1) is 0 Å². The van der Waals surface area contributed by atoms with Gasteiger partial charge in [-0.1, -0.05) is 0 Å². The van der Waals surface area contributed by atoms with Gasteiger partial charge in [0.15, 0.2) is 5.82 Å². The molecule has 3 heterocycles. The Balaban J connectivity index is 1.65. The van der Waals surface area contributed by atoms with Crippen molar-refractivity contribution in [3.8, 4) is 11.4 Å². The number of ether oxygens (including phenoxy) is 1. The van der Waals surface area contributed by atoms with Crippen molar-refractivity contribution in [1.82, 2.24) is 20.2 Å². The Morgan fingerprint density at radius 1 is 1.24 bits per heavy atom. The highest BCUT2D eigenvalue weighted by Crippen LogP contribution is 2.31. The number of hydrogen-bond acceptors (Lipinski definition) is 6. The lowest BCUT2D eigenvalue weighted by molar-refractivity contribution is 0.0983. The maximum atomic E-state index is 12.7. The molecular formula is C24H33FN6O2. The Morgan fingerprint density at radius 2 is 2.06 bits per heavy atom. The van der Waals surface area contributed by atoms with Gasteiger partial charge >= 0.3 is 6.03 Å². The predicted octanol–water partition coefficient (Wildman–Crippen LogP) is 3.23. The van der Waals surface area contributed by atoms with E-state index in [0.717, 1.165) is 43.1 Å². The number of carbonyl (C=O) groups excluding carboxylic acids is 1. The highest BCUT2D eigenvalue weighted by atomic mass is 19.1. The molecule has 0 spiro atoms. The van der Waals surface area contributed by atoms with Gasteiger partial charge in [0.05, 0.1) is 31.6 Å². The summed E-state index contributed by atoms with van der Waals surface area (Å²) in [6.45, 7) is 8.79. The lowest BCUT2D eigenvalue weighted by Crippen LogP contribution is -2.45. The SMILES string of the molecule is CCNC(=O)Nc1ccc(-c2nc3c(c(N4CCOC[C@@H]4C)n2)CCN(CCCF)C3)cc1. The minimum atomic E-state index is -0.300. The highest BCUT2D eigenvalue weighted by Gasteiger charge is 2.28. The van der Waals surface area contributed by atoms with Crippen LogP contribution < -0.4 is 15.5 Å². The smallest absolute Gasteiger partial charge is 0.319 e. The van der Waals surface area contributed by atoms with Crippen molar-refractivity contribution in [2.75, 3.05) is 56.3 Å². The molecule has 1 aromatic carbocycles. The molecule has 0 saturated carbocycles. The summed E-state index contributed by atoms with van der Waals surface area (Å²) < 4.78 is 18.4. The number of alkyl halides is 1. The summed E-state index contributed by atoms with van der Waals surface area (Å²) in [5.41, 5.74) is 3.81. The van der Waals surface area contributed by atoms with E-state index in [1.165, 1.54) is 5.56 Å². The molecule has 1 fully saturated rings. The molecule has 1 aromatic heterocycles. The van der Waals surface area contributed by atoms with Crippen LogP contribution in [0.5, 0.6) is 0 Å². The molecule has 8 nitrogen and oxygen atoms in total. The average Bonchev–Trinajstić information content (AvgIpc) is 2.83. The quantitative estimate of drug-likeness (QED) is 0.666. The number of urea groups is 1. The Kier molecular flexibility index (Phi) is 7.72. The van der Waals surface area contributed by atoms with Crippen molar-refractivity contribution in [3.63, 3.8) is 0 Å². The minimum absolute atomic E-state index is 0.229. The number of hydrogen-bond donors (Lipinski definition) is 2. The van der Waals surface area contributed by atoms with Crippen molar-refractivity contribution < 1.29 is 13.9 Å². The molecule has 0 radical (unpaired) electrons. The van der Waals surface area contributed by atoms with Crippen molar-refractivity contribution in [2.45, 2.75) is 39.3 Å². The fourth-order valence-electron chi connectivity index (χ4n) is 4.39. The number of nitrogens with one attached hydrogen (secondary N) is 2. The molecule has 0 unspecified atom stereocenters. The molecular weight excluding hydrogens is 423 g/mol. The Bertz CT molecular complexity index is 955. The molecule has 1 atom stereocenters. The third-order valence-electron chi connectivity index (χ3n) is 6.11. The van der Waals surface area contributed by atoms with E-state index in [9.17, 15) is 9.18 Å². The monoisotopic (exact) mass is 456 g/mol. The van der Waals surface area contributed by atoms with Crippen molar-refractivity contribution in [3.05, 3.63) is 35.5 Å². The Morgan fingerprint density at radius 3 is 2.79 bits per heavy atom. The summed E-state index contributed by atoms with van der Waals surface area (Å²) in [6.07, 6.45) is 1.40. The summed E-state index contributed by atoms with van der Waals surface area (Å²) in [5.74, 6) is 1.65. The zero-order valence-corrected chi connectivity index (χ0v) is 19.4. The van der Waals surface area contributed by atoms with Crippen LogP contribution in [0.1, 0.15) is 31.5 Å². The van der Waals surface area contributed by atoms with Gasteiger partial charge in [0, 0.05) is 49.5 Å². The van der Waals surface area contributed by atoms with E-state index >= 15 is 0 Å². The Hall–Kier alpha value is -2.78. The lowest BCUT2D eigenvalue weighted by atomic mass is 10.0. The van der Waals surface area contributed by atoms with E-state index in [2.05, 4.69) is 27.4 Å². The van der Waals surface area contributed by atoms with E-state index in [-0.39, 0.29) is 18.7 Å². The average molecular weight is 457 g/mol. The van der Waals surface area contributed by atoms with Crippen LogP contribution in [-0.4, -0.2) is 73.0 Å². The van der Waals surface area contributed by atoms with E-state index in [0.29, 0.717) is 44.2 Å². The summed E-state index contributed by atoms with van der Waals surface area (Å²) in [7, 11) is 0. The second-order valence-corrected chi connectivity index (χ2v) is 8.54. The van der Waals surface area contributed by atoms with Gasteiger partial charge in [0.1, 0.15) is 5.82 Å². The fourth-order valence-corrected chi connectivity index (χ4v) is 4.39. The number of nitrogens with zero attached hydrogens (tertiary/aromatic N) is 4. The number of anilines is 2. The topological polar surface area (TPSA) is 82.6 Å². The number of halogens is 1. The largest absolute Gasteiger partial charge is 0.377 e. The molecule has 178 valence electrons. The Labute approximate surface area is 194 Å². The van der Waals surface area contributed by atoms with Crippen molar-refractivity contribution >= 4 is 17.5 Å². The highest BCUT2D eigenvalue weighted by molar-refractivity contribution is 5.89.